The fourth-order valence-electron chi connectivity index (χ4n) is 2.65. The molecule has 1 unspecified atom stereocenters. The van der Waals surface area contributed by atoms with Crippen LogP contribution in [0.1, 0.15) is 38.2 Å². The van der Waals surface area contributed by atoms with Crippen LogP contribution >= 0.6 is 23.2 Å². The van der Waals surface area contributed by atoms with Crippen LogP contribution in [0.5, 0.6) is 0 Å². The Morgan fingerprint density at radius 2 is 2.00 bits per heavy atom. The van der Waals surface area contributed by atoms with Crippen molar-refractivity contribution in [2.75, 3.05) is 6.61 Å². The van der Waals surface area contributed by atoms with E-state index >= 15 is 0 Å². The van der Waals surface area contributed by atoms with E-state index in [2.05, 4.69) is 5.32 Å². The lowest BCUT2D eigenvalue weighted by atomic mass is 9.91. The standard InChI is InChI=1S/C14H19Cl2NO/c1-14(9-18,17-11-4-2-3-5-11)12-8-10(15)6-7-13(12)16/h6-8,11,17-18H,2-5,9H2,1H3. The molecule has 0 radical (unpaired) electrons. The van der Waals surface area contributed by atoms with Gasteiger partial charge in [0.1, 0.15) is 0 Å². The van der Waals surface area contributed by atoms with E-state index in [1.165, 1.54) is 12.8 Å². The zero-order chi connectivity index (χ0) is 13.2. The van der Waals surface area contributed by atoms with E-state index in [4.69, 9.17) is 23.2 Å². The molecule has 0 heterocycles. The maximum absolute atomic E-state index is 9.75. The summed E-state index contributed by atoms with van der Waals surface area (Å²) in [6.45, 7) is 1.98. The third-order valence-electron chi connectivity index (χ3n) is 3.72. The van der Waals surface area contributed by atoms with Crippen molar-refractivity contribution >= 4 is 23.2 Å². The summed E-state index contributed by atoms with van der Waals surface area (Å²) in [5.41, 5.74) is 0.336. The quantitative estimate of drug-likeness (QED) is 0.884. The lowest BCUT2D eigenvalue weighted by molar-refractivity contribution is 0.161. The van der Waals surface area contributed by atoms with Gasteiger partial charge in [0.15, 0.2) is 0 Å². The number of benzene rings is 1. The molecule has 1 aliphatic rings. The molecule has 0 amide bonds. The van der Waals surface area contributed by atoms with Gasteiger partial charge in [0.25, 0.3) is 0 Å². The van der Waals surface area contributed by atoms with Gasteiger partial charge in [0.2, 0.25) is 0 Å². The Morgan fingerprint density at radius 3 is 2.61 bits per heavy atom. The molecular weight excluding hydrogens is 269 g/mol. The first-order chi connectivity index (χ1) is 8.55. The SMILES string of the molecule is CC(CO)(NC1CCCC1)c1cc(Cl)ccc1Cl. The average molecular weight is 288 g/mol. The maximum Gasteiger partial charge on any atom is 0.0657 e. The predicted octanol–water partition coefficient (Wildman–Crippen LogP) is 3.73. The smallest absolute Gasteiger partial charge is 0.0657 e. The first-order valence-electron chi connectivity index (χ1n) is 6.39. The second-order valence-electron chi connectivity index (χ2n) is 5.24. The van der Waals surface area contributed by atoms with Crippen molar-refractivity contribution in [3.63, 3.8) is 0 Å². The normalized spacial score (nSPS) is 20.0. The van der Waals surface area contributed by atoms with Crippen LogP contribution < -0.4 is 5.32 Å². The van der Waals surface area contributed by atoms with Crippen LogP contribution in [-0.4, -0.2) is 17.8 Å². The Kier molecular flexibility index (Phi) is 4.54. The minimum Gasteiger partial charge on any atom is -0.394 e. The minimum atomic E-state index is -0.531. The molecule has 0 spiro atoms. The number of hydrogen-bond donors (Lipinski definition) is 2. The van der Waals surface area contributed by atoms with Crippen molar-refractivity contribution in [2.24, 2.45) is 0 Å². The van der Waals surface area contributed by atoms with E-state index in [1.54, 1.807) is 12.1 Å². The monoisotopic (exact) mass is 287 g/mol. The molecule has 1 aromatic carbocycles. The summed E-state index contributed by atoms with van der Waals surface area (Å²) in [7, 11) is 0. The maximum atomic E-state index is 9.75. The van der Waals surface area contributed by atoms with Crippen molar-refractivity contribution in [3.8, 4) is 0 Å². The molecule has 100 valence electrons. The Labute approximate surface area is 118 Å². The number of halogens is 2. The van der Waals surface area contributed by atoms with E-state index in [-0.39, 0.29) is 6.61 Å². The number of aliphatic hydroxyl groups is 1. The van der Waals surface area contributed by atoms with E-state index in [0.717, 1.165) is 18.4 Å². The van der Waals surface area contributed by atoms with E-state index in [9.17, 15) is 5.11 Å². The molecule has 0 aliphatic heterocycles. The summed E-state index contributed by atoms with van der Waals surface area (Å²) >= 11 is 12.3. The van der Waals surface area contributed by atoms with Gasteiger partial charge in [-0.05, 0) is 43.5 Å². The molecule has 1 aliphatic carbocycles. The number of nitrogens with one attached hydrogen (secondary N) is 1. The van der Waals surface area contributed by atoms with Crippen LogP contribution in [0.3, 0.4) is 0 Å². The van der Waals surface area contributed by atoms with Gasteiger partial charge in [-0.15, -0.1) is 0 Å². The van der Waals surface area contributed by atoms with Crippen LogP contribution in [0, 0.1) is 0 Å². The summed E-state index contributed by atoms with van der Waals surface area (Å²) < 4.78 is 0. The Balaban J connectivity index is 2.26. The highest BCUT2D eigenvalue weighted by molar-refractivity contribution is 6.33. The van der Waals surface area contributed by atoms with Gasteiger partial charge in [-0.25, -0.2) is 0 Å². The summed E-state index contributed by atoms with van der Waals surface area (Å²) in [4.78, 5) is 0. The third kappa shape index (κ3) is 3.00. The molecule has 2 rings (SSSR count). The minimum absolute atomic E-state index is 0.00353. The topological polar surface area (TPSA) is 32.3 Å². The first kappa shape index (κ1) is 14.1. The highest BCUT2D eigenvalue weighted by atomic mass is 35.5. The van der Waals surface area contributed by atoms with Crippen molar-refractivity contribution in [3.05, 3.63) is 33.8 Å². The van der Waals surface area contributed by atoms with Gasteiger partial charge in [-0.3, -0.25) is 0 Å². The fraction of sp³-hybridized carbons (Fsp3) is 0.571. The molecule has 0 bridgehead atoms. The second kappa shape index (κ2) is 5.79. The largest absolute Gasteiger partial charge is 0.394 e. The molecule has 1 aromatic rings. The second-order valence-corrected chi connectivity index (χ2v) is 6.08. The van der Waals surface area contributed by atoms with E-state index < -0.39 is 5.54 Å². The number of rotatable bonds is 4. The molecule has 1 saturated carbocycles. The van der Waals surface area contributed by atoms with Gasteiger partial charge >= 0.3 is 0 Å². The van der Waals surface area contributed by atoms with Crippen molar-refractivity contribution < 1.29 is 5.11 Å². The van der Waals surface area contributed by atoms with Crippen molar-refractivity contribution in [1.29, 1.82) is 0 Å². The van der Waals surface area contributed by atoms with Crippen LogP contribution in [0.2, 0.25) is 10.0 Å². The molecule has 0 aromatic heterocycles. The predicted molar refractivity (Wildman–Crippen MR) is 76.3 cm³/mol. The zero-order valence-corrected chi connectivity index (χ0v) is 12.1. The van der Waals surface area contributed by atoms with Crippen LogP contribution in [0.25, 0.3) is 0 Å². The molecule has 18 heavy (non-hydrogen) atoms. The van der Waals surface area contributed by atoms with Crippen LogP contribution in [-0.2, 0) is 5.54 Å². The van der Waals surface area contributed by atoms with Gasteiger partial charge in [-0.2, -0.15) is 0 Å². The molecule has 2 N–H and O–H groups in total. The molecule has 4 heteroatoms. The van der Waals surface area contributed by atoms with Crippen LogP contribution in [0.4, 0.5) is 0 Å². The Hall–Kier alpha value is -0.280. The summed E-state index contributed by atoms with van der Waals surface area (Å²) in [5, 5.41) is 14.6. The number of hydrogen-bond acceptors (Lipinski definition) is 2. The lowest BCUT2D eigenvalue weighted by Gasteiger charge is -2.33. The Morgan fingerprint density at radius 1 is 1.33 bits per heavy atom. The highest BCUT2D eigenvalue weighted by Crippen LogP contribution is 2.32. The van der Waals surface area contributed by atoms with E-state index in [0.29, 0.717) is 16.1 Å². The third-order valence-corrected chi connectivity index (χ3v) is 4.28. The molecule has 2 nitrogen and oxygen atoms in total. The summed E-state index contributed by atoms with van der Waals surface area (Å²) in [6, 6.07) is 5.84. The summed E-state index contributed by atoms with van der Waals surface area (Å²) in [6.07, 6.45) is 4.83. The van der Waals surface area contributed by atoms with Crippen molar-refractivity contribution in [2.45, 2.75) is 44.2 Å². The van der Waals surface area contributed by atoms with E-state index in [1.807, 2.05) is 13.0 Å². The molecule has 0 saturated heterocycles. The summed E-state index contributed by atoms with van der Waals surface area (Å²) in [5.74, 6) is 0. The first-order valence-corrected chi connectivity index (χ1v) is 7.15. The van der Waals surface area contributed by atoms with Gasteiger partial charge in [-0.1, -0.05) is 36.0 Å². The number of aliphatic hydroxyl groups excluding tert-OH is 1. The molecule has 1 atom stereocenters. The van der Waals surface area contributed by atoms with Crippen LogP contribution in [0.15, 0.2) is 18.2 Å². The average Bonchev–Trinajstić information content (AvgIpc) is 2.84. The molecular formula is C14H19Cl2NO. The zero-order valence-electron chi connectivity index (χ0n) is 10.5. The van der Waals surface area contributed by atoms with Crippen molar-refractivity contribution in [1.82, 2.24) is 5.32 Å². The highest BCUT2D eigenvalue weighted by Gasteiger charge is 2.31. The van der Waals surface area contributed by atoms with Gasteiger partial charge in [0, 0.05) is 16.1 Å². The fourth-order valence-corrected chi connectivity index (χ4v) is 3.15. The lowest BCUT2D eigenvalue weighted by Crippen LogP contribution is -2.47. The molecule has 1 fully saturated rings. The van der Waals surface area contributed by atoms with Gasteiger partial charge < -0.3 is 10.4 Å². The Bertz CT molecular complexity index is 418. The van der Waals surface area contributed by atoms with Gasteiger partial charge in [0.05, 0.1) is 12.1 Å².